The van der Waals surface area contributed by atoms with Gasteiger partial charge in [0, 0.05) is 18.2 Å². The van der Waals surface area contributed by atoms with E-state index in [-0.39, 0.29) is 5.91 Å². The Balaban J connectivity index is 2.12. The van der Waals surface area contributed by atoms with E-state index in [1.807, 2.05) is 19.1 Å². The first-order valence-corrected chi connectivity index (χ1v) is 8.01. The van der Waals surface area contributed by atoms with Crippen molar-refractivity contribution in [1.82, 2.24) is 5.32 Å². The summed E-state index contributed by atoms with van der Waals surface area (Å²) >= 11 is 0. The first-order valence-electron chi connectivity index (χ1n) is 8.01. The maximum absolute atomic E-state index is 11.9. The zero-order chi connectivity index (χ0) is 15.4. The lowest BCUT2D eigenvalue weighted by atomic mass is 9.93. The van der Waals surface area contributed by atoms with Gasteiger partial charge in [-0.3, -0.25) is 4.79 Å². The lowest BCUT2D eigenvalue weighted by molar-refractivity contribution is 0.0956. The third kappa shape index (κ3) is 3.49. The van der Waals surface area contributed by atoms with Crippen molar-refractivity contribution in [3.8, 4) is 0 Å². The van der Waals surface area contributed by atoms with Crippen LogP contribution in [-0.2, 0) is 0 Å². The summed E-state index contributed by atoms with van der Waals surface area (Å²) in [4.78, 5) is 11.9. The smallest absolute Gasteiger partial charge is 0.251 e. The molecule has 3 atom stereocenters. The molecule has 1 saturated carbocycles. The van der Waals surface area contributed by atoms with Gasteiger partial charge >= 0.3 is 0 Å². The fourth-order valence-corrected chi connectivity index (χ4v) is 3.31. The summed E-state index contributed by atoms with van der Waals surface area (Å²) < 4.78 is 0. The topological polar surface area (TPSA) is 67.2 Å². The summed E-state index contributed by atoms with van der Waals surface area (Å²) in [5.41, 5.74) is 8.30. The van der Waals surface area contributed by atoms with Crippen molar-refractivity contribution >= 4 is 17.3 Å². The van der Waals surface area contributed by atoms with Gasteiger partial charge in [0.2, 0.25) is 0 Å². The van der Waals surface area contributed by atoms with Crippen LogP contribution in [0.15, 0.2) is 18.2 Å². The molecular weight excluding hydrogens is 262 g/mol. The maximum atomic E-state index is 11.9. The van der Waals surface area contributed by atoms with Crippen molar-refractivity contribution in [1.29, 1.82) is 0 Å². The zero-order valence-corrected chi connectivity index (χ0v) is 13.3. The average molecular weight is 289 g/mol. The highest BCUT2D eigenvalue weighted by Crippen LogP contribution is 2.36. The molecule has 0 bridgehead atoms. The summed E-state index contributed by atoms with van der Waals surface area (Å²) in [6.45, 7) is 7.11. The molecule has 4 N–H and O–H groups in total. The molecule has 1 aromatic rings. The largest absolute Gasteiger partial charge is 0.397 e. The highest BCUT2D eigenvalue weighted by molar-refractivity contribution is 5.96. The summed E-state index contributed by atoms with van der Waals surface area (Å²) in [5, 5.41) is 6.38. The van der Waals surface area contributed by atoms with Crippen molar-refractivity contribution < 1.29 is 4.79 Å². The van der Waals surface area contributed by atoms with Crippen LogP contribution in [-0.4, -0.2) is 18.5 Å². The van der Waals surface area contributed by atoms with E-state index in [9.17, 15) is 4.79 Å². The molecule has 0 aliphatic heterocycles. The number of rotatable bonds is 5. The van der Waals surface area contributed by atoms with Crippen molar-refractivity contribution in [3.63, 3.8) is 0 Å². The predicted octanol–water partition coefficient (Wildman–Crippen LogP) is 3.26. The molecule has 2 rings (SSSR count). The Morgan fingerprint density at radius 3 is 2.71 bits per heavy atom. The van der Waals surface area contributed by atoms with Crippen LogP contribution in [0.5, 0.6) is 0 Å². The number of nitrogen functional groups attached to an aromatic ring is 1. The van der Waals surface area contributed by atoms with Crippen LogP contribution in [0.1, 0.15) is 50.4 Å². The third-order valence-corrected chi connectivity index (χ3v) is 4.74. The Bertz CT molecular complexity index is 501. The molecule has 1 aliphatic rings. The minimum Gasteiger partial charge on any atom is -0.397 e. The van der Waals surface area contributed by atoms with E-state index in [0.29, 0.717) is 29.8 Å². The van der Waals surface area contributed by atoms with Crippen LogP contribution in [0.25, 0.3) is 0 Å². The molecule has 4 heteroatoms. The Hall–Kier alpha value is -1.71. The van der Waals surface area contributed by atoms with Crippen LogP contribution in [0.2, 0.25) is 0 Å². The van der Waals surface area contributed by atoms with E-state index in [1.54, 1.807) is 6.07 Å². The number of amides is 1. The van der Waals surface area contributed by atoms with E-state index in [1.165, 1.54) is 19.3 Å². The Morgan fingerprint density at radius 1 is 1.33 bits per heavy atom. The van der Waals surface area contributed by atoms with E-state index in [4.69, 9.17) is 5.73 Å². The maximum Gasteiger partial charge on any atom is 0.251 e. The van der Waals surface area contributed by atoms with Gasteiger partial charge in [0.25, 0.3) is 5.91 Å². The lowest BCUT2D eigenvalue weighted by Gasteiger charge is -2.23. The van der Waals surface area contributed by atoms with Gasteiger partial charge < -0.3 is 16.4 Å². The number of anilines is 2. The molecule has 1 fully saturated rings. The number of hydrogen-bond donors (Lipinski definition) is 3. The van der Waals surface area contributed by atoms with Crippen LogP contribution in [0.3, 0.4) is 0 Å². The Morgan fingerprint density at radius 2 is 2.10 bits per heavy atom. The van der Waals surface area contributed by atoms with Crippen LogP contribution >= 0.6 is 0 Å². The Kier molecular flexibility index (Phi) is 5.10. The lowest BCUT2D eigenvalue weighted by Crippen LogP contribution is -2.26. The molecule has 1 aliphatic carbocycles. The fraction of sp³-hybridized carbons (Fsp3) is 0.588. The molecule has 0 aromatic heterocycles. The standard InChI is InChI=1S/C17H27N3O/c1-4-12-7-9-15(11(12)3)20-16-10-13(6-8-14(16)18)17(21)19-5-2/h6,8,10-12,15,20H,4-5,7,9,18H2,1-3H3,(H,19,21). The summed E-state index contributed by atoms with van der Waals surface area (Å²) in [6.07, 6.45) is 3.67. The van der Waals surface area contributed by atoms with Gasteiger partial charge in [-0.15, -0.1) is 0 Å². The number of carbonyl (C=O) groups is 1. The van der Waals surface area contributed by atoms with Gasteiger partial charge in [0.05, 0.1) is 11.4 Å². The summed E-state index contributed by atoms with van der Waals surface area (Å²) in [7, 11) is 0. The molecule has 0 radical (unpaired) electrons. The number of carbonyl (C=O) groups excluding carboxylic acids is 1. The van der Waals surface area contributed by atoms with Crippen LogP contribution < -0.4 is 16.4 Å². The SMILES string of the molecule is CCNC(=O)c1ccc(N)c(NC2CCC(CC)C2C)c1. The van der Waals surface area contributed by atoms with E-state index in [2.05, 4.69) is 24.5 Å². The molecule has 3 unspecified atom stereocenters. The van der Waals surface area contributed by atoms with E-state index >= 15 is 0 Å². The second kappa shape index (κ2) is 6.83. The normalized spacial score (nSPS) is 24.8. The van der Waals surface area contributed by atoms with Crippen molar-refractivity contribution in [2.75, 3.05) is 17.6 Å². The zero-order valence-electron chi connectivity index (χ0n) is 13.3. The molecule has 4 nitrogen and oxygen atoms in total. The van der Waals surface area contributed by atoms with Gasteiger partial charge in [-0.05, 0) is 49.8 Å². The predicted molar refractivity (Wildman–Crippen MR) is 88.5 cm³/mol. The molecule has 0 heterocycles. The molecule has 0 saturated heterocycles. The molecule has 1 aromatic carbocycles. The van der Waals surface area contributed by atoms with Crippen LogP contribution in [0, 0.1) is 11.8 Å². The van der Waals surface area contributed by atoms with Gasteiger partial charge in [-0.1, -0.05) is 20.3 Å². The van der Waals surface area contributed by atoms with Gasteiger partial charge in [-0.25, -0.2) is 0 Å². The summed E-state index contributed by atoms with van der Waals surface area (Å²) in [6, 6.07) is 5.90. The number of benzene rings is 1. The third-order valence-electron chi connectivity index (χ3n) is 4.74. The fourth-order valence-electron chi connectivity index (χ4n) is 3.31. The number of nitrogens with two attached hydrogens (primary N) is 1. The second-order valence-electron chi connectivity index (χ2n) is 6.02. The van der Waals surface area contributed by atoms with Gasteiger partial charge in [0.1, 0.15) is 0 Å². The summed E-state index contributed by atoms with van der Waals surface area (Å²) in [5.74, 6) is 1.38. The quantitative estimate of drug-likeness (QED) is 0.729. The number of hydrogen-bond acceptors (Lipinski definition) is 3. The molecule has 0 spiro atoms. The first-order chi connectivity index (χ1) is 10.1. The van der Waals surface area contributed by atoms with Crippen molar-refractivity contribution in [2.24, 2.45) is 11.8 Å². The Labute approximate surface area is 127 Å². The highest BCUT2D eigenvalue weighted by atomic mass is 16.1. The highest BCUT2D eigenvalue weighted by Gasteiger charge is 2.31. The molecule has 116 valence electrons. The first kappa shape index (κ1) is 15.7. The van der Waals surface area contributed by atoms with Gasteiger partial charge in [-0.2, -0.15) is 0 Å². The minimum atomic E-state index is -0.0496. The van der Waals surface area contributed by atoms with Crippen molar-refractivity contribution in [3.05, 3.63) is 23.8 Å². The van der Waals surface area contributed by atoms with Crippen molar-refractivity contribution in [2.45, 2.75) is 46.1 Å². The average Bonchev–Trinajstić information content (AvgIpc) is 2.82. The molecular formula is C17H27N3O. The number of nitrogens with one attached hydrogen (secondary N) is 2. The molecule has 21 heavy (non-hydrogen) atoms. The molecule has 1 amide bonds. The second-order valence-corrected chi connectivity index (χ2v) is 6.02. The monoisotopic (exact) mass is 289 g/mol. The van der Waals surface area contributed by atoms with E-state index in [0.717, 1.165) is 11.6 Å². The minimum absolute atomic E-state index is 0.0496. The van der Waals surface area contributed by atoms with Gasteiger partial charge in [0.15, 0.2) is 0 Å². The van der Waals surface area contributed by atoms with Crippen LogP contribution in [0.4, 0.5) is 11.4 Å². The van der Waals surface area contributed by atoms with E-state index < -0.39 is 0 Å².